The molecule has 3 rings (SSSR count). The van der Waals surface area contributed by atoms with Gasteiger partial charge in [0.15, 0.2) is 0 Å². The van der Waals surface area contributed by atoms with Crippen molar-refractivity contribution in [3.05, 3.63) is 66.2 Å². The Hall–Kier alpha value is -1.74. The van der Waals surface area contributed by atoms with Crippen molar-refractivity contribution in [2.45, 2.75) is 29.4 Å². The molecule has 1 saturated heterocycles. The van der Waals surface area contributed by atoms with E-state index >= 15 is 0 Å². The van der Waals surface area contributed by atoms with E-state index < -0.39 is 0 Å². The van der Waals surface area contributed by atoms with Crippen molar-refractivity contribution < 1.29 is 4.79 Å². The first-order valence-corrected chi connectivity index (χ1v) is 8.78. The lowest BCUT2D eigenvalue weighted by Gasteiger charge is -2.30. The normalized spacial score (nSPS) is 16.3. The fraction of sp³-hybridized carbons (Fsp3) is 0.316. The molecule has 0 saturated carbocycles. The standard InChI is InChI=1S/C19H21NOS/c21-19(20-14-8-3-9-15-20)18(16-10-4-1-5-11-16)22-17-12-6-2-7-13-17/h1-2,4-7,10-13,18H,3,8-9,14-15H2. The molecule has 1 atom stereocenters. The SMILES string of the molecule is O=C(C(Sc1ccccc1)c1ccccc1)N1CCCCC1. The Morgan fingerprint density at radius 3 is 2.09 bits per heavy atom. The molecule has 22 heavy (non-hydrogen) atoms. The highest BCUT2D eigenvalue weighted by atomic mass is 32.2. The van der Waals surface area contributed by atoms with Gasteiger partial charge in [-0.25, -0.2) is 0 Å². The van der Waals surface area contributed by atoms with Crippen molar-refractivity contribution in [2.24, 2.45) is 0 Å². The van der Waals surface area contributed by atoms with E-state index in [1.54, 1.807) is 11.8 Å². The fourth-order valence-electron chi connectivity index (χ4n) is 2.80. The van der Waals surface area contributed by atoms with Crippen molar-refractivity contribution in [1.29, 1.82) is 0 Å². The molecule has 0 N–H and O–H groups in total. The molecule has 114 valence electrons. The van der Waals surface area contributed by atoms with Crippen LogP contribution in [0.15, 0.2) is 65.6 Å². The van der Waals surface area contributed by atoms with Gasteiger partial charge in [-0.3, -0.25) is 4.79 Å². The first kappa shape index (κ1) is 15.2. The number of hydrogen-bond acceptors (Lipinski definition) is 2. The Morgan fingerprint density at radius 2 is 1.45 bits per heavy atom. The Kier molecular flexibility index (Phi) is 5.17. The van der Waals surface area contributed by atoms with Crippen molar-refractivity contribution >= 4 is 17.7 Å². The van der Waals surface area contributed by atoms with Crippen LogP contribution in [0, 0.1) is 0 Å². The minimum Gasteiger partial charge on any atom is -0.341 e. The molecule has 1 aliphatic heterocycles. The number of piperidine rings is 1. The molecule has 0 bridgehead atoms. The summed E-state index contributed by atoms with van der Waals surface area (Å²) in [5, 5.41) is -0.151. The molecular weight excluding hydrogens is 290 g/mol. The van der Waals surface area contributed by atoms with Crippen LogP contribution in [0.25, 0.3) is 0 Å². The maximum atomic E-state index is 13.0. The Morgan fingerprint density at radius 1 is 0.864 bits per heavy atom. The number of amides is 1. The summed E-state index contributed by atoms with van der Waals surface area (Å²) >= 11 is 1.65. The molecule has 2 aromatic rings. The van der Waals surface area contributed by atoms with E-state index in [1.807, 2.05) is 41.3 Å². The van der Waals surface area contributed by atoms with Crippen LogP contribution in [0.2, 0.25) is 0 Å². The van der Waals surface area contributed by atoms with E-state index in [-0.39, 0.29) is 11.2 Å². The molecule has 0 spiro atoms. The quantitative estimate of drug-likeness (QED) is 0.773. The van der Waals surface area contributed by atoms with Crippen LogP contribution >= 0.6 is 11.8 Å². The van der Waals surface area contributed by atoms with Gasteiger partial charge in [-0.2, -0.15) is 0 Å². The number of hydrogen-bond donors (Lipinski definition) is 0. The van der Waals surface area contributed by atoms with E-state index in [0.717, 1.165) is 36.4 Å². The molecule has 2 aromatic carbocycles. The van der Waals surface area contributed by atoms with Gasteiger partial charge in [0.25, 0.3) is 0 Å². The average Bonchev–Trinajstić information content (AvgIpc) is 2.61. The third kappa shape index (κ3) is 3.72. The van der Waals surface area contributed by atoms with Crippen LogP contribution in [0.1, 0.15) is 30.1 Å². The largest absolute Gasteiger partial charge is 0.341 e. The first-order chi connectivity index (χ1) is 10.8. The highest BCUT2D eigenvalue weighted by Gasteiger charge is 2.27. The Labute approximate surface area is 136 Å². The van der Waals surface area contributed by atoms with Crippen LogP contribution in [0.4, 0.5) is 0 Å². The molecule has 1 fully saturated rings. The van der Waals surface area contributed by atoms with Crippen molar-refractivity contribution in [1.82, 2.24) is 4.90 Å². The minimum absolute atomic E-state index is 0.151. The van der Waals surface area contributed by atoms with Crippen LogP contribution in [0.5, 0.6) is 0 Å². The summed E-state index contributed by atoms with van der Waals surface area (Å²) in [7, 11) is 0. The second-order valence-electron chi connectivity index (χ2n) is 5.61. The predicted molar refractivity (Wildman–Crippen MR) is 91.9 cm³/mol. The second-order valence-corrected chi connectivity index (χ2v) is 6.79. The van der Waals surface area contributed by atoms with Gasteiger partial charge in [0.1, 0.15) is 5.25 Å². The third-order valence-electron chi connectivity index (χ3n) is 3.99. The molecule has 3 heteroatoms. The molecular formula is C19H21NOS. The van der Waals surface area contributed by atoms with E-state index in [2.05, 4.69) is 24.3 Å². The van der Waals surface area contributed by atoms with E-state index in [4.69, 9.17) is 0 Å². The molecule has 0 aromatic heterocycles. The average molecular weight is 311 g/mol. The van der Waals surface area contributed by atoms with Gasteiger partial charge in [0.2, 0.25) is 5.91 Å². The lowest BCUT2D eigenvalue weighted by Crippen LogP contribution is -2.38. The summed E-state index contributed by atoms with van der Waals surface area (Å²) in [4.78, 5) is 16.2. The molecule has 0 radical (unpaired) electrons. The number of nitrogens with zero attached hydrogens (tertiary/aromatic N) is 1. The number of rotatable bonds is 4. The highest BCUT2D eigenvalue weighted by molar-refractivity contribution is 8.00. The zero-order valence-corrected chi connectivity index (χ0v) is 13.5. The van der Waals surface area contributed by atoms with E-state index in [0.29, 0.717) is 0 Å². The first-order valence-electron chi connectivity index (χ1n) is 7.90. The summed E-state index contributed by atoms with van der Waals surface area (Å²) in [6, 6.07) is 20.3. The number of carbonyl (C=O) groups is 1. The summed E-state index contributed by atoms with van der Waals surface area (Å²) in [6.45, 7) is 1.80. The summed E-state index contributed by atoms with van der Waals surface area (Å²) in [5.74, 6) is 0.250. The number of likely N-dealkylation sites (tertiary alicyclic amines) is 1. The molecule has 1 amide bonds. The van der Waals surface area contributed by atoms with Crippen molar-refractivity contribution in [2.75, 3.05) is 13.1 Å². The second kappa shape index (κ2) is 7.50. The Bertz CT molecular complexity index is 593. The topological polar surface area (TPSA) is 20.3 Å². The van der Waals surface area contributed by atoms with Crippen LogP contribution in [0.3, 0.4) is 0 Å². The number of benzene rings is 2. The third-order valence-corrected chi connectivity index (χ3v) is 5.25. The zero-order valence-electron chi connectivity index (χ0n) is 12.7. The summed E-state index contributed by atoms with van der Waals surface area (Å²) in [5.41, 5.74) is 1.09. The van der Waals surface area contributed by atoms with Gasteiger partial charge in [0.05, 0.1) is 0 Å². The smallest absolute Gasteiger partial charge is 0.240 e. The van der Waals surface area contributed by atoms with Gasteiger partial charge >= 0.3 is 0 Å². The molecule has 1 heterocycles. The minimum atomic E-state index is -0.151. The fourth-order valence-corrected chi connectivity index (χ4v) is 3.93. The molecule has 1 aliphatic rings. The summed E-state index contributed by atoms with van der Waals surface area (Å²) < 4.78 is 0. The number of thioether (sulfide) groups is 1. The van der Waals surface area contributed by atoms with Crippen LogP contribution < -0.4 is 0 Å². The maximum absolute atomic E-state index is 13.0. The maximum Gasteiger partial charge on any atom is 0.240 e. The van der Waals surface area contributed by atoms with E-state index in [9.17, 15) is 4.79 Å². The lowest BCUT2D eigenvalue weighted by molar-refractivity contribution is -0.131. The van der Waals surface area contributed by atoms with Gasteiger partial charge in [0, 0.05) is 18.0 Å². The van der Waals surface area contributed by atoms with Gasteiger partial charge in [-0.15, -0.1) is 11.8 Å². The van der Waals surface area contributed by atoms with Gasteiger partial charge < -0.3 is 4.90 Å². The molecule has 1 unspecified atom stereocenters. The van der Waals surface area contributed by atoms with E-state index in [1.165, 1.54) is 6.42 Å². The molecule has 0 aliphatic carbocycles. The van der Waals surface area contributed by atoms with Crippen molar-refractivity contribution in [3.63, 3.8) is 0 Å². The van der Waals surface area contributed by atoms with Crippen LogP contribution in [-0.2, 0) is 4.79 Å². The predicted octanol–water partition coefficient (Wildman–Crippen LogP) is 4.53. The summed E-state index contributed by atoms with van der Waals surface area (Å²) in [6.07, 6.45) is 3.50. The van der Waals surface area contributed by atoms with Gasteiger partial charge in [-0.05, 0) is 37.0 Å². The Balaban J connectivity index is 1.84. The highest BCUT2D eigenvalue weighted by Crippen LogP contribution is 2.37. The zero-order chi connectivity index (χ0) is 15.2. The lowest BCUT2D eigenvalue weighted by atomic mass is 10.1. The van der Waals surface area contributed by atoms with Crippen molar-refractivity contribution in [3.8, 4) is 0 Å². The van der Waals surface area contributed by atoms with Gasteiger partial charge in [-0.1, -0.05) is 48.5 Å². The van der Waals surface area contributed by atoms with Crippen LogP contribution in [-0.4, -0.2) is 23.9 Å². The molecule has 2 nitrogen and oxygen atoms in total. The monoisotopic (exact) mass is 311 g/mol. The number of carbonyl (C=O) groups excluding carboxylic acids is 1.